The van der Waals surface area contributed by atoms with E-state index in [2.05, 4.69) is 5.32 Å². The van der Waals surface area contributed by atoms with E-state index in [4.69, 9.17) is 11.6 Å². The molecule has 3 nitrogen and oxygen atoms in total. The van der Waals surface area contributed by atoms with Gasteiger partial charge in [-0.15, -0.1) is 0 Å². The van der Waals surface area contributed by atoms with Crippen molar-refractivity contribution in [3.63, 3.8) is 0 Å². The molecule has 98 valence electrons. The summed E-state index contributed by atoms with van der Waals surface area (Å²) < 4.78 is 0. The molecule has 0 radical (unpaired) electrons. The number of aliphatic hydroxyl groups excluding tert-OH is 1. The topological polar surface area (TPSA) is 49.3 Å². The summed E-state index contributed by atoms with van der Waals surface area (Å²) in [5.74, 6) is -0.202. The Morgan fingerprint density at radius 2 is 1.94 bits per heavy atom. The average Bonchev–Trinajstić information content (AvgIpc) is 2.55. The molecule has 1 aliphatic rings. The molecule has 1 saturated carbocycles. The van der Waals surface area contributed by atoms with Crippen molar-refractivity contribution >= 4 is 17.5 Å². The molecular weight excluding hydrogens is 250 g/mol. The van der Waals surface area contributed by atoms with Crippen molar-refractivity contribution in [1.82, 2.24) is 5.32 Å². The number of nitrogens with one attached hydrogen (secondary N) is 1. The van der Waals surface area contributed by atoms with Crippen LogP contribution in [0.5, 0.6) is 0 Å². The van der Waals surface area contributed by atoms with Crippen LogP contribution in [0.15, 0.2) is 24.3 Å². The van der Waals surface area contributed by atoms with Crippen molar-refractivity contribution in [3.05, 3.63) is 34.9 Å². The fourth-order valence-electron chi connectivity index (χ4n) is 2.35. The highest BCUT2D eigenvalue weighted by Gasteiger charge is 2.24. The summed E-state index contributed by atoms with van der Waals surface area (Å²) in [6, 6.07) is 6.81. The van der Waals surface area contributed by atoms with Crippen molar-refractivity contribution < 1.29 is 9.90 Å². The number of hydrogen-bond donors (Lipinski definition) is 2. The maximum Gasteiger partial charge on any atom is 0.253 e. The standard InChI is InChI=1S/C14H18ClNO2/c15-11-7-5-4-6-10(11)14(18)16-12-8-2-1-3-9-13(12)17/h4-7,12-13,17H,1-3,8-9H2,(H,16,18). The van der Waals surface area contributed by atoms with Crippen LogP contribution in [-0.4, -0.2) is 23.2 Å². The van der Waals surface area contributed by atoms with E-state index in [1.807, 2.05) is 0 Å². The van der Waals surface area contributed by atoms with Crippen LogP contribution in [0.2, 0.25) is 5.02 Å². The fraction of sp³-hybridized carbons (Fsp3) is 0.500. The molecule has 4 heteroatoms. The first-order valence-corrected chi connectivity index (χ1v) is 6.80. The largest absolute Gasteiger partial charge is 0.391 e. The third-order valence-electron chi connectivity index (χ3n) is 3.41. The molecule has 0 spiro atoms. The molecule has 2 unspecified atom stereocenters. The summed E-state index contributed by atoms with van der Waals surface area (Å²) in [7, 11) is 0. The number of aliphatic hydroxyl groups is 1. The molecule has 18 heavy (non-hydrogen) atoms. The first-order chi connectivity index (χ1) is 8.68. The van der Waals surface area contributed by atoms with E-state index in [-0.39, 0.29) is 11.9 Å². The summed E-state index contributed by atoms with van der Waals surface area (Å²) in [5, 5.41) is 13.3. The van der Waals surface area contributed by atoms with Crippen molar-refractivity contribution in [1.29, 1.82) is 0 Å². The minimum atomic E-state index is -0.445. The Bertz CT molecular complexity index is 422. The Balaban J connectivity index is 2.04. The zero-order valence-electron chi connectivity index (χ0n) is 10.2. The zero-order chi connectivity index (χ0) is 13.0. The maximum atomic E-state index is 12.1. The van der Waals surface area contributed by atoms with Gasteiger partial charge in [-0.05, 0) is 25.0 Å². The molecular formula is C14H18ClNO2. The van der Waals surface area contributed by atoms with Crippen molar-refractivity contribution in [2.24, 2.45) is 0 Å². The van der Waals surface area contributed by atoms with Crippen LogP contribution in [0.1, 0.15) is 42.5 Å². The van der Waals surface area contributed by atoms with Crippen molar-refractivity contribution in [3.8, 4) is 0 Å². The van der Waals surface area contributed by atoms with Crippen molar-refractivity contribution in [2.75, 3.05) is 0 Å². The van der Waals surface area contributed by atoms with Gasteiger partial charge in [-0.1, -0.05) is 43.0 Å². The van der Waals surface area contributed by atoms with E-state index in [0.29, 0.717) is 10.6 Å². The molecule has 1 amide bonds. The predicted molar refractivity (Wildman–Crippen MR) is 71.8 cm³/mol. The normalized spacial score (nSPS) is 24.3. The van der Waals surface area contributed by atoms with Crippen LogP contribution in [0.25, 0.3) is 0 Å². The molecule has 2 atom stereocenters. The second-order valence-corrected chi connectivity index (χ2v) is 5.17. The summed E-state index contributed by atoms with van der Waals surface area (Å²) >= 11 is 5.98. The molecule has 2 N–H and O–H groups in total. The van der Waals surface area contributed by atoms with Gasteiger partial charge in [-0.25, -0.2) is 0 Å². The minimum Gasteiger partial charge on any atom is -0.391 e. The SMILES string of the molecule is O=C(NC1CCCCCC1O)c1ccccc1Cl. The minimum absolute atomic E-state index is 0.156. The molecule has 2 rings (SSSR count). The number of rotatable bonds is 2. The number of carbonyl (C=O) groups is 1. The Morgan fingerprint density at radius 1 is 1.22 bits per heavy atom. The zero-order valence-corrected chi connectivity index (χ0v) is 11.0. The van der Waals surface area contributed by atoms with Gasteiger partial charge in [-0.3, -0.25) is 4.79 Å². The summed E-state index contributed by atoms with van der Waals surface area (Å²) in [4.78, 5) is 12.1. The lowest BCUT2D eigenvalue weighted by atomic mass is 10.1. The number of benzene rings is 1. The molecule has 1 aromatic rings. The van der Waals surface area contributed by atoms with Crippen LogP contribution in [0, 0.1) is 0 Å². The summed E-state index contributed by atoms with van der Waals surface area (Å²) in [5.41, 5.74) is 0.468. The smallest absolute Gasteiger partial charge is 0.253 e. The molecule has 0 aromatic heterocycles. The van der Waals surface area contributed by atoms with E-state index in [1.54, 1.807) is 24.3 Å². The fourth-order valence-corrected chi connectivity index (χ4v) is 2.57. The van der Waals surface area contributed by atoms with E-state index >= 15 is 0 Å². The second-order valence-electron chi connectivity index (χ2n) is 4.77. The van der Waals surface area contributed by atoms with Gasteiger partial charge in [0.2, 0.25) is 0 Å². The Labute approximate surface area is 112 Å². The monoisotopic (exact) mass is 267 g/mol. The number of hydrogen-bond acceptors (Lipinski definition) is 2. The Morgan fingerprint density at radius 3 is 2.72 bits per heavy atom. The summed E-state index contributed by atoms with van der Waals surface area (Å²) in [6.45, 7) is 0. The summed E-state index contributed by atoms with van der Waals surface area (Å²) in [6.07, 6.45) is 4.34. The second kappa shape index (κ2) is 6.21. The van der Waals surface area contributed by atoms with Gasteiger partial charge >= 0.3 is 0 Å². The molecule has 1 aromatic carbocycles. The Kier molecular flexibility index (Phi) is 4.61. The molecule has 0 heterocycles. The van der Waals surface area contributed by atoms with Crippen LogP contribution in [-0.2, 0) is 0 Å². The van der Waals surface area contributed by atoms with Crippen LogP contribution in [0.3, 0.4) is 0 Å². The quantitative estimate of drug-likeness (QED) is 0.810. The first kappa shape index (κ1) is 13.4. The molecule has 1 fully saturated rings. The highest BCUT2D eigenvalue weighted by molar-refractivity contribution is 6.33. The van der Waals surface area contributed by atoms with Crippen molar-refractivity contribution in [2.45, 2.75) is 44.2 Å². The van der Waals surface area contributed by atoms with E-state index < -0.39 is 6.10 Å². The third kappa shape index (κ3) is 3.24. The number of halogens is 1. The van der Waals surface area contributed by atoms with Gasteiger partial charge < -0.3 is 10.4 Å². The van der Waals surface area contributed by atoms with Crippen LogP contribution >= 0.6 is 11.6 Å². The predicted octanol–water partition coefficient (Wildman–Crippen LogP) is 2.76. The molecule has 0 saturated heterocycles. The number of amides is 1. The molecule has 0 bridgehead atoms. The van der Waals surface area contributed by atoms with Gasteiger partial charge in [0.15, 0.2) is 0 Å². The van der Waals surface area contributed by atoms with Gasteiger partial charge in [0.25, 0.3) is 5.91 Å². The molecule has 1 aliphatic carbocycles. The van der Waals surface area contributed by atoms with E-state index in [9.17, 15) is 9.90 Å². The lowest BCUT2D eigenvalue weighted by molar-refractivity contribution is 0.0819. The third-order valence-corrected chi connectivity index (χ3v) is 3.74. The lowest BCUT2D eigenvalue weighted by Crippen LogP contribution is -2.42. The van der Waals surface area contributed by atoms with Crippen LogP contribution in [0.4, 0.5) is 0 Å². The van der Waals surface area contributed by atoms with E-state index in [0.717, 1.165) is 32.1 Å². The van der Waals surface area contributed by atoms with Gasteiger partial charge in [0.1, 0.15) is 0 Å². The first-order valence-electron chi connectivity index (χ1n) is 6.42. The van der Waals surface area contributed by atoms with Gasteiger partial charge in [0, 0.05) is 0 Å². The highest BCUT2D eigenvalue weighted by atomic mass is 35.5. The highest BCUT2D eigenvalue weighted by Crippen LogP contribution is 2.20. The maximum absolute atomic E-state index is 12.1. The van der Waals surface area contributed by atoms with E-state index in [1.165, 1.54) is 0 Å². The number of carbonyl (C=O) groups excluding carboxylic acids is 1. The molecule has 0 aliphatic heterocycles. The lowest BCUT2D eigenvalue weighted by Gasteiger charge is -2.22. The average molecular weight is 268 g/mol. The Hall–Kier alpha value is -1.06. The van der Waals surface area contributed by atoms with Gasteiger partial charge in [0.05, 0.1) is 22.7 Å². The van der Waals surface area contributed by atoms with Gasteiger partial charge in [-0.2, -0.15) is 0 Å². The van der Waals surface area contributed by atoms with Crippen LogP contribution < -0.4 is 5.32 Å².